The van der Waals surface area contributed by atoms with Gasteiger partial charge in [-0.2, -0.15) is 17.6 Å². The zero-order valence-electron chi connectivity index (χ0n) is 13.2. The maximum absolute atomic E-state index is 13.1. The predicted molar refractivity (Wildman–Crippen MR) is 86.1 cm³/mol. The molecule has 0 fully saturated rings. The number of hydrogen-bond donors (Lipinski definition) is 2. The van der Waals surface area contributed by atoms with Gasteiger partial charge >= 0.3 is 12.5 Å². The van der Waals surface area contributed by atoms with Gasteiger partial charge in [0.2, 0.25) is 0 Å². The number of rotatable bonds is 7. The Morgan fingerprint density at radius 1 is 1.12 bits per heavy atom. The van der Waals surface area contributed by atoms with E-state index in [9.17, 15) is 27.1 Å². The van der Waals surface area contributed by atoms with Crippen molar-refractivity contribution in [1.29, 1.82) is 0 Å². The van der Waals surface area contributed by atoms with E-state index in [1.807, 2.05) is 0 Å². The molecule has 2 rings (SSSR count). The van der Waals surface area contributed by atoms with Gasteiger partial charge in [-0.15, -0.1) is 0 Å². The van der Waals surface area contributed by atoms with E-state index < -0.39 is 36.2 Å². The first-order valence-electron chi connectivity index (χ1n) is 7.42. The first-order valence-corrected chi connectivity index (χ1v) is 7.80. The van der Waals surface area contributed by atoms with Gasteiger partial charge in [0.25, 0.3) is 0 Å². The molecule has 0 aliphatic carbocycles. The van der Waals surface area contributed by atoms with Crippen molar-refractivity contribution in [2.75, 3.05) is 0 Å². The first-order chi connectivity index (χ1) is 12.1. The lowest BCUT2D eigenvalue weighted by Gasteiger charge is -2.21. The van der Waals surface area contributed by atoms with Crippen LogP contribution in [0.5, 0.6) is 5.75 Å². The summed E-state index contributed by atoms with van der Waals surface area (Å²) in [7, 11) is 0. The summed E-state index contributed by atoms with van der Waals surface area (Å²) in [4.78, 5) is 0. The Kier molecular flexibility index (Phi) is 6.44. The summed E-state index contributed by atoms with van der Waals surface area (Å²) in [6.45, 7) is 0. The van der Waals surface area contributed by atoms with Crippen LogP contribution in [0.1, 0.15) is 17.2 Å². The third-order valence-electron chi connectivity index (χ3n) is 3.58. The number of alkyl halides is 4. The van der Waals surface area contributed by atoms with Gasteiger partial charge < -0.3 is 15.6 Å². The maximum Gasteiger partial charge on any atom is 0.461 e. The highest BCUT2D eigenvalue weighted by molar-refractivity contribution is 6.32. The Morgan fingerprint density at radius 3 is 2.31 bits per heavy atom. The molecule has 2 aromatic rings. The highest BCUT2D eigenvalue weighted by Gasteiger charge is 2.44. The van der Waals surface area contributed by atoms with Gasteiger partial charge in [-0.25, -0.2) is 4.39 Å². The molecular weight excluding hydrogens is 381 g/mol. The van der Waals surface area contributed by atoms with E-state index in [1.165, 1.54) is 24.3 Å². The minimum absolute atomic E-state index is 0.00627. The number of ether oxygens (including phenoxy) is 1. The summed E-state index contributed by atoms with van der Waals surface area (Å²) < 4.78 is 67.6. The molecule has 0 aliphatic rings. The van der Waals surface area contributed by atoms with E-state index >= 15 is 0 Å². The van der Waals surface area contributed by atoms with Crippen molar-refractivity contribution in [3.05, 3.63) is 64.4 Å². The van der Waals surface area contributed by atoms with Crippen LogP contribution in [-0.4, -0.2) is 23.7 Å². The molecule has 142 valence electrons. The van der Waals surface area contributed by atoms with Crippen LogP contribution in [0.25, 0.3) is 0 Å². The smallest absolute Gasteiger partial charge is 0.427 e. The third-order valence-corrected chi connectivity index (χ3v) is 3.90. The zero-order valence-corrected chi connectivity index (χ0v) is 13.9. The molecule has 9 heteroatoms. The maximum atomic E-state index is 13.1. The lowest BCUT2D eigenvalue weighted by Crippen LogP contribution is -2.33. The Hall–Kier alpha value is -1.90. The highest BCUT2D eigenvalue weighted by atomic mass is 35.5. The van der Waals surface area contributed by atoms with E-state index in [1.54, 1.807) is 0 Å². The first kappa shape index (κ1) is 20.4. The third kappa shape index (κ3) is 5.06. The number of aliphatic hydroxyl groups is 1. The lowest BCUT2D eigenvalue weighted by molar-refractivity contribution is -0.253. The van der Waals surface area contributed by atoms with E-state index in [0.717, 1.165) is 18.2 Å². The summed E-state index contributed by atoms with van der Waals surface area (Å²) >= 11 is 5.70. The van der Waals surface area contributed by atoms with Crippen LogP contribution >= 0.6 is 11.6 Å². The van der Waals surface area contributed by atoms with Crippen molar-refractivity contribution in [1.82, 2.24) is 0 Å². The Labute approximate surface area is 151 Å². The summed E-state index contributed by atoms with van der Waals surface area (Å²) in [5.74, 6) is -1.10. The number of hydrogen-bond acceptors (Lipinski definition) is 3. The second kappa shape index (κ2) is 8.20. The normalized spacial score (nSPS) is 14.3. The summed E-state index contributed by atoms with van der Waals surface area (Å²) in [6.07, 6.45) is -9.87. The fourth-order valence-corrected chi connectivity index (χ4v) is 2.39. The summed E-state index contributed by atoms with van der Waals surface area (Å²) in [5.41, 5.74) is 6.60. The van der Waals surface area contributed by atoms with Gasteiger partial charge in [0.15, 0.2) is 0 Å². The minimum atomic E-state index is -4.70. The van der Waals surface area contributed by atoms with Crippen molar-refractivity contribution in [3.8, 4) is 5.75 Å². The molecule has 0 aliphatic heterocycles. The fourth-order valence-electron chi connectivity index (χ4n) is 2.24. The highest BCUT2D eigenvalue weighted by Crippen LogP contribution is 2.33. The average Bonchev–Trinajstić information content (AvgIpc) is 2.57. The number of nitrogens with two attached hydrogens (primary N) is 1. The molecule has 0 aromatic heterocycles. The van der Waals surface area contributed by atoms with Gasteiger partial charge in [0.1, 0.15) is 11.6 Å². The van der Waals surface area contributed by atoms with Gasteiger partial charge in [-0.3, -0.25) is 0 Å². The van der Waals surface area contributed by atoms with Crippen molar-refractivity contribution in [2.24, 2.45) is 5.73 Å². The molecule has 0 amide bonds. The van der Waals surface area contributed by atoms with Gasteiger partial charge in [0.05, 0.1) is 11.1 Å². The van der Waals surface area contributed by atoms with Crippen LogP contribution in [0.15, 0.2) is 42.5 Å². The average molecular weight is 396 g/mol. The standard InChI is InChI=1S/C17H15ClF5NO2/c18-12-6-1-9(8-14(12)26-17(22,23)16(20)21)7-13(24)15(25)10-2-4-11(19)5-3-10/h1-6,8,13,15-16,25H,7,24H2. The molecule has 2 unspecified atom stereocenters. The lowest BCUT2D eigenvalue weighted by atomic mass is 9.97. The quantitative estimate of drug-likeness (QED) is 0.686. The molecular formula is C17H15ClF5NO2. The molecule has 2 aromatic carbocycles. The van der Waals surface area contributed by atoms with Crippen LogP contribution in [0, 0.1) is 5.82 Å². The zero-order chi connectivity index (χ0) is 19.5. The molecule has 3 nitrogen and oxygen atoms in total. The molecule has 26 heavy (non-hydrogen) atoms. The van der Waals surface area contributed by atoms with Crippen LogP contribution in [0.3, 0.4) is 0 Å². The minimum Gasteiger partial charge on any atom is -0.427 e. The Bertz CT molecular complexity index is 742. The van der Waals surface area contributed by atoms with Crippen molar-refractivity contribution < 1.29 is 31.8 Å². The molecule has 2 atom stereocenters. The molecule has 3 N–H and O–H groups in total. The second-order valence-electron chi connectivity index (χ2n) is 5.59. The molecule has 0 saturated carbocycles. The summed E-state index contributed by atoms with van der Waals surface area (Å²) in [5, 5.41) is 9.92. The Balaban J connectivity index is 2.14. The van der Waals surface area contributed by atoms with Crippen LogP contribution in [-0.2, 0) is 6.42 Å². The second-order valence-corrected chi connectivity index (χ2v) is 6.00. The van der Waals surface area contributed by atoms with Gasteiger partial charge in [0, 0.05) is 6.04 Å². The van der Waals surface area contributed by atoms with Gasteiger partial charge in [-0.1, -0.05) is 29.8 Å². The largest absolute Gasteiger partial charge is 0.461 e. The predicted octanol–water partition coefficient (Wildman–Crippen LogP) is 4.32. The Morgan fingerprint density at radius 2 is 1.73 bits per heavy atom. The molecule has 0 saturated heterocycles. The van der Waals surface area contributed by atoms with Crippen LogP contribution in [0.4, 0.5) is 22.0 Å². The van der Waals surface area contributed by atoms with Crippen molar-refractivity contribution in [2.45, 2.75) is 31.1 Å². The summed E-state index contributed by atoms with van der Waals surface area (Å²) in [6, 6.07) is 7.86. The molecule has 0 radical (unpaired) electrons. The topological polar surface area (TPSA) is 55.5 Å². The van der Waals surface area contributed by atoms with Gasteiger partial charge in [-0.05, 0) is 41.8 Å². The molecule has 0 spiro atoms. The van der Waals surface area contributed by atoms with Crippen LogP contribution in [0.2, 0.25) is 5.02 Å². The van der Waals surface area contributed by atoms with Crippen LogP contribution < -0.4 is 10.5 Å². The van der Waals surface area contributed by atoms with E-state index in [2.05, 4.69) is 4.74 Å². The number of halogens is 6. The molecule has 0 heterocycles. The number of aliphatic hydroxyl groups excluding tert-OH is 1. The van der Waals surface area contributed by atoms with E-state index in [4.69, 9.17) is 17.3 Å². The van der Waals surface area contributed by atoms with E-state index in [-0.39, 0.29) is 11.4 Å². The van der Waals surface area contributed by atoms with Crippen molar-refractivity contribution in [3.63, 3.8) is 0 Å². The van der Waals surface area contributed by atoms with E-state index in [0.29, 0.717) is 11.1 Å². The number of benzene rings is 2. The fraction of sp³-hybridized carbons (Fsp3) is 0.294. The molecule has 0 bridgehead atoms. The SMILES string of the molecule is NC(Cc1ccc(Cl)c(OC(F)(F)C(F)F)c1)C(O)c1ccc(F)cc1. The van der Waals surface area contributed by atoms with Crippen molar-refractivity contribution >= 4 is 11.6 Å². The monoisotopic (exact) mass is 395 g/mol.